The van der Waals surface area contributed by atoms with Gasteiger partial charge in [0, 0.05) is 22.0 Å². The van der Waals surface area contributed by atoms with Crippen molar-refractivity contribution in [3.05, 3.63) is 34.3 Å². The van der Waals surface area contributed by atoms with E-state index >= 15 is 0 Å². The van der Waals surface area contributed by atoms with Crippen LogP contribution in [-0.4, -0.2) is 12.1 Å². The maximum Gasteiger partial charge on any atom is 0.0178 e. The molecular formula is C16H24BrN. The topological polar surface area (TPSA) is 12.0 Å². The first-order valence-corrected chi connectivity index (χ1v) is 7.72. The second-order valence-corrected chi connectivity index (χ2v) is 7.52. The first-order chi connectivity index (χ1) is 8.41. The van der Waals surface area contributed by atoms with E-state index in [2.05, 4.69) is 66.3 Å². The molecule has 2 rings (SSSR count). The molecule has 0 radical (unpaired) electrons. The van der Waals surface area contributed by atoms with Gasteiger partial charge in [-0.1, -0.05) is 40.9 Å². The van der Waals surface area contributed by atoms with Gasteiger partial charge in [0.15, 0.2) is 0 Å². The second-order valence-electron chi connectivity index (χ2n) is 6.60. The summed E-state index contributed by atoms with van der Waals surface area (Å²) in [6, 6.07) is 8.87. The van der Waals surface area contributed by atoms with Crippen molar-refractivity contribution in [3.63, 3.8) is 0 Å². The molecule has 1 fully saturated rings. The van der Waals surface area contributed by atoms with Crippen molar-refractivity contribution in [2.75, 3.05) is 6.54 Å². The molecule has 1 aromatic rings. The summed E-state index contributed by atoms with van der Waals surface area (Å²) in [6.45, 7) is 7.83. The van der Waals surface area contributed by atoms with Gasteiger partial charge in [0.1, 0.15) is 0 Å². The molecule has 0 aromatic heterocycles. The zero-order valence-electron chi connectivity index (χ0n) is 11.7. The highest BCUT2D eigenvalue weighted by atomic mass is 79.9. The fourth-order valence-corrected chi connectivity index (χ4v) is 3.27. The van der Waals surface area contributed by atoms with Gasteiger partial charge in [-0.25, -0.2) is 0 Å². The van der Waals surface area contributed by atoms with Gasteiger partial charge < -0.3 is 5.32 Å². The lowest BCUT2D eigenvalue weighted by atomic mass is 9.78. The van der Waals surface area contributed by atoms with E-state index in [-0.39, 0.29) is 5.54 Å². The summed E-state index contributed by atoms with van der Waals surface area (Å²) < 4.78 is 1.20. The average Bonchev–Trinajstić information content (AvgIpc) is 2.75. The largest absolute Gasteiger partial charge is 0.311 e. The lowest BCUT2D eigenvalue weighted by Gasteiger charge is -2.34. The molecule has 1 aromatic carbocycles. The van der Waals surface area contributed by atoms with Gasteiger partial charge in [-0.2, -0.15) is 0 Å². The molecule has 0 saturated heterocycles. The van der Waals surface area contributed by atoms with Gasteiger partial charge in [-0.3, -0.25) is 0 Å². The van der Waals surface area contributed by atoms with E-state index in [1.54, 1.807) is 0 Å². The van der Waals surface area contributed by atoms with Crippen LogP contribution in [0.4, 0.5) is 0 Å². The number of hydrogen-bond donors (Lipinski definition) is 1. The van der Waals surface area contributed by atoms with Gasteiger partial charge in [0.2, 0.25) is 0 Å². The second kappa shape index (κ2) is 5.34. The fourth-order valence-electron chi connectivity index (χ4n) is 2.87. The highest BCUT2D eigenvalue weighted by molar-refractivity contribution is 9.10. The molecule has 0 unspecified atom stereocenters. The average molecular weight is 310 g/mol. The molecule has 0 bridgehead atoms. The van der Waals surface area contributed by atoms with Gasteiger partial charge in [-0.15, -0.1) is 0 Å². The predicted molar refractivity (Wildman–Crippen MR) is 82.0 cm³/mol. The molecule has 1 saturated carbocycles. The van der Waals surface area contributed by atoms with E-state index in [0.29, 0.717) is 5.41 Å². The van der Waals surface area contributed by atoms with Crippen molar-refractivity contribution in [3.8, 4) is 0 Å². The van der Waals surface area contributed by atoms with Crippen LogP contribution in [0.25, 0.3) is 0 Å². The molecule has 1 aliphatic carbocycles. The van der Waals surface area contributed by atoms with Crippen LogP contribution < -0.4 is 5.32 Å². The molecule has 0 amide bonds. The van der Waals surface area contributed by atoms with Crippen molar-refractivity contribution in [1.82, 2.24) is 5.32 Å². The van der Waals surface area contributed by atoms with Crippen LogP contribution in [0.15, 0.2) is 28.7 Å². The minimum atomic E-state index is 0.196. The molecule has 0 heterocycles. The Hall–Kier alpha value is -0.340. The first kappa shape index (κ1) is 14.1. The van der Waals surface area contributed by atoms with Crippen LogP contribution in [0.1, 0.15) is 52.0 Å². The van der Waals surface area contributed by atoms with E-state index < -0.39 is 0 Å². The lowest BCUT2D eigenvalue weighted by Crippen LogP contribution is -2.45. The first-order valence-electron chi connectivity index (χ1n) is 6.92. The summed E-state index contributed by atoms with van der Waals surface area (Å²) in [7, 11) is 0. The van der Waals surface area contributed by atoms with E-state index in [9.17, 15) is 0 Å². The highest BCUT2D eigenvalue weighted by Gasteiger charge is 2.36. The molecule has 18 heavy (non-hydrogen) atoms. The predicted octanol–water partition coefficient (Wildman–Crippen LogP) is 4.65. The highest BCUT2D eigenvalue weighted by Crippen LogP contribution is 2.41. The Balaban J connectivity index is 2.21. The fraction of sp³-hybridized carbons (Fsp3) is 0.625. The molecule has 2 heteroatoms. The van der Waals surface area contributed by atoms with Crippen molar-refractivity contribution in [2.45, 2.75) is 57.4 Å². The minimum Gasteiger partial charge on any atom is -0.311 e. The molecule has 100 valence electrons. The SMILES string of the molecule is CC(C)(C)NCC1(c2cccc(Br)c2)CCCC1. The molecule has 0 aliphatic heterocycles. The van der Waals surface area contributed by atoms with Crippen LogP contribution in [0, 0.1) is 0 Å². The van der Waals surface area contributed by atoms with Gasteiger partial charge in [-0.05, 0) is 51.3 Å². The summed E-state index contributed by atoms with van der Waals surface area (Å²) in [6.07, 6.45) is 5.34. The van der Waals surface area contributed by atoms with Crippen LogP contribution >= 0.6 is 15.9 Å². The normalized spacial score (nSPS) is 19.1. The minimum absolute atomic E-state index is 0.196. The Bertz CT molecular complexity index is 400. The van der Waals surface area contributed by atoms with E-state index in [4.69, 9.17) is 0 Å². The maximum absolute atomic E-state index is 3.71. The smallest absolute Gasteiger partial charge is 0.0178 e. The van der Waals surface area contributed by atoms with Gasteiger partial charge in [0.05, 0.1) is 0 Å². The molecule has 1 nitrogen and oxygen atoms in total. The van der Waals surface area contributed by atoms with Gasteiger partial charge >= 0.3 is 0 Å². The molecular weight excluding hydrogens is 286 g/mol. The summed E-state index contributed by atoms with van der Waals surface area (Å²) >= 11 is 3.60. The maximum atomic E-state index is 3.71. The van der Waals surface area contributed by atoms with Crippen molar-refractivity contribution < 1.29 is 0 Å². The van der Waals surface area contributed by atoms with E-state index in [1.807, 2.05) is 0 Å². The summed E-state index contributed by atoms with van der Waals surface area (Å²) in [5, 5.41) is 3.71. The number of hydrogen-bond acceptors (Lipinski definition) is 1. The van der Waals surface area contributed by atoms with Gasteiger partial charge in [0.25, 0.3) is 0 Å². The van der Waals surface area contributed by atoms with Crippen molar-refractivity contribution >= 4 is 15.9 Å². The summed E-state index contributed by atoms with van der Waals surface area (Å²) in [5.41, 5.74) is 2.03. The Morgan fingerprint density at radius 2 is 1.89 bits per heavy atom. The van der Waals surface area contributed by atoms with Crippen LogP contribution in [0.2, 0.25) is 0 Å². The Morgan fingerprint density at radius 1 is 1.22 bits per heavy atom. The summed E-state index contributed by atoms with van der Waals surface area (Å²) in [4.78, 5) is 0. The molecule has 1 aliphatic rings. The zero-order chi connectivity index (χ0) is 13.2. The quantitative estimate of drug-likeness (QED) is 0.857. The zero-order valence-corrected chi connectivity index (χ0v) is 13.3. The molecule has 0 spiro atoms. The third-order valence-electron chi connectivity index (χ3n) is 3.95. The Morgan fingerprint density at radius 3 is 2.44 bits per heavy atom. The van der Waals surface area contributed by atoms with E-state index in [0.717, 1.165) is 6.54 Å². The number of halogens is 1. The van der Waals surface area contributed by atoms with Crippen molar-refractivity contribution in [1.29, 1.82) is 0 Å². The van der Waals surface area contributed by atoms with Crippen LogP contribution in [0.5, 0.6) is 0 Å². The van der Waals surface area contributed by atoms with E-state index in [1.165, 1.54) is 35.7 Å². The number of benzene rings is 1. The molecule has 0 atom stereocenters. The van der Waals surface area contributed by atoms with Crippen molar-refractivity contribution in [2.24, 2.45) is 0 Å². The molecule has 1 N–H and O–H groups in total. The Labute approximate surface area is 119 Å². The Kier molecular flexibility index (Phi) is 4.18. The number of nitrogens with one attached hydrogen (secondary N) is 1. The summed E-state index contributed by atoms with van der Waals surface area (Å²) in [5.74, 6) is 0. The lowest BCUT2D eigenvalue weighted by molar-refractivity contribution is 0.333. The monoisotopic (exact) mass is 309 g/mol. The standard InChI is InChI=1S/C16H24BrN/c1-15(2,3)18-12-16(9-4-5-10-16)13-7-6-8-14(17)11-13/h6-8,11,18H,4-5,9-10,12H2,1-3H3. The van der Waals surface area contributed by atoms with Crippen LogP contribution in [-0.2, 0) is 5.41 Å². The van der Waals surface area contributed by atoms with Crippen LogP contribution in [0.3, 0.4) is 0 Å². The number of rotatable bonds is 3. The third-order valence-corrected chi connectivity index (χ3v) is 4.45. The third kappa shape index (κ3) is 3.36.